The van der Waals surface area contributed by atoms with Crippen LogP contribution in [0.4, 0.5) is 4.79 Å². The van der Waals surface area contributed by atoms with Gasteiger partial charge >= 0.3 is 6.03 Å². The Labute approximate surface area is 91.0 Å². The van der Waals surface area contributed by atoms with E-state index in [1.54, 1.807) is 7.05 Å². The number of carbonyl (C=O) groups excluding carboxylic acids is 1. The number of amides is 2. The predicted octanol–water partition coefficient (Wildman–Crippen LogP) is 1.73. The van der Waals surface area contributed by atoms with Crippen molar-refractivity contribution in [1.82, 2.24) is 10.3 Å². The molecule has 4 nitrogen and oxygen atoms in total. The summed E-state index contributed by atoms with van der Waals surface area (Å²) < 4.78 is 0. The molecule has 15 heavy (non-hydrogen) atoms. The number of nitrogens with two attached hydrogens (primary N) is 1. The summed E-state index contributed by atoms with van der Waals surface area (Å²) in [6.07, 6.45) is 0. The predicted molar refractivity (Wildman–Crippen MR) is 62.0 cm³/mol. The number of benzene rings is 1. The van der Waals surface area contributed by atoms with Crippen LogP contribution in [-0.4, -0.2) is 18.1 Å². The number of hydrogen-bond acceptors (Lipinski definition) is 2. The second kappa shape index (κ2) is 7.82. The van der Waals surface area contributed by atoms with Crippen LogP contribution in [0.3, 0.4) is 0 Å². The van der Waals surface area contributed by atoms with E-state index in [0.717, 1.165) is 10.6 Å². The van der Waals surface area contributed by atoms with Crippen molar-refractivity contribution in [2.45, 2.75) is 20.4 Å². The Kier molecular flexibility index (Phi) is 7.01. The molecule has 1 aromatic carbocycles. The maximum absolute atomic E-state index is 11.0. The van der Waals surface area contributed by atoms with Gasteiger partial charge in [0.15, 0.2) is 0 Å². The molecule has 0 aliphatic rings. The fourth-order valence-corrected chi connectivity index (χ4v) is 0.996. The first-order valence-corrected chi connectivity index (χ1v) is 5.02. The first kappa shape index (κ1) is 13.4. The molecule has 1 rings (SSSR count). The number of nitrogens with zero attached hydrogens (tertiary/aromatic N) is 1. The Morgan fingerprint density at radius 3 is 2.33 bits per heavy atom. The van der Waals surface area contributed by atoms with Crippen LogP contribution in [0.15, 0.2) is 30.3 Å². The number of rotatable bonds is 2. The van der Waals surface area contributed by atoms with Crippen molar-refractivity contribution in [1.29, 1.82) is 0 Å². The van der Waals surface area contributed by atoms with Gasteiger partial charge in [-0.3, -0.25) is 5.01 Å². The van der Waals surface area contributed by atoms with Crippen LogP contribution in [0.2, 0.25) is 0 Å². The van der Waals surface area contributed by atoms with E-state index in [4.69, 9.17) is 5.84 Å². The lowest BCUT2D eigenvalue weighted by Gasteiger charge is -2.15. The van der Waals surface area contributed by atoms with Crippen molar-refractivity contribution < 1.29 is 4.79 Å². The van der Waals surface area contributed by atoms with Gasteiger partial charge in [-0.1, -0.05) is 44.2 Å². The molecule has 0 aliphatic carbocycles. The van der Waals surface area contributed by atoms with Crippen molar-refractivity contribution in [2.24, 2.45) is 5.84 Å². The number of urea groups is 1. The first-order valence-electron chi connectivity index (χ1n) is 5.02. The highest BCUT2D eigenvalue weighted by atomic mass is 16.2. The van der Waals surface area contributed by atoms with Crippen LogP contribution in [0.25, 0.3) is 0 Å². The van der Waals surface area contributed by atoms with Crippen molar-refractivity contribution in [3.05, 3.63) is 35.9 Å². The highest BCUT2D eigenvalue weighted by Gasteiger charge is 2.05. The molecule has 0 heterocycles. The fraction of sp³-hybridized carbons (Fsp3) is 0.364. The average molecular weight is 209 g/mol. The van der Waals surface area contributed by atoms with Crippen LogP contribution < -0.4 is 11.2 Å². The Bertz CT molecular complexity index is 274. The summed E-state index contributed by atoms with van der Waals surface area (Å²) in [7, 11) is 1.55. The number of carbonyl (C=O) groups is 1. The number of nitrogens with one attached hydrogen (secondary N) is 1. The molecular weight excluding hydrogens is 190 g/mol. The SMILES string of the molecule is CC.CNC(=O)N(N)Cc1ccccc1. The molecule has 1 aromatic rings. The molecule has 0 unspecified atom stereocenters. The zero-order chi connectivity index (χ0) is 11.7. The summed E-state index contributed by atoms with van der Waals surface area (Å²) in [5, 5.41) is 3.58. The molecular formula is C11H19N3O. The highest BCUT2D eigenvalue weighted by Crippen LogP contribution is 2.00. The lowest BCUT2D eigenvalue weighted by molar-refractivity contribution is 0.198. The van der Waals surface area contributed by atoms with E-state index in [2.05, 4.69) is 5.32 Å². The summed E-state index contributed by atoms with van der Waals surface area (Å²) in [5.74, 6) is 5.48. The van der Waals surface area contributed by atoms with E-state index in [-0.39, 0.29) is 6.03 Å². The molecule has 0 spiro atoms. The molecule has 0 atom stereocenters. The van der Waals surface area contributed by atoms with Gasteiger partial charge in [-0.2, -0.15) is 0 Å². The zero-order valence-corrected chi connectivity index (χ0v) is 9.53. The van der Waals surface area contributed by atoms with E-state index in [0.29, 0.717) is 6.54 Å². The third-order valence-corrected chi connectivity index (χ3v) is 1.67. The van der Waals surface area contributed by atoms with Gasteiger partial charge < -0.3 is 5.32 Å². The molecule has 0 fully saturated rings. The van der Waals surface area contributed by atoms with Gasteiger partial charge in [0.25, 0.3) is 0 Å². The van der Waals surface area contributed by atoms with Gasteiger partial charge in [0.05, 0.1) is 6.54 Å². The van der Waals surface area contributed by atoms with Gasteiger partial charge in [-0.05, 0) is 5.56 Å². The van der Waals surface area contributed by atoms with Gasteiger partial charge in [0.1, 0.15) is 0 Å². The topological polar surface area (TPSA) is 58.4 Å². The zero-order valence-electron chi connectivity index (χ0n) is 9.53. The summed E-state index contributed by atoms with van der Waals surface area (Å²) in [4.78, 5) is 11.0. The molecule has 3 N–H and O–H groups in total. The Morgan fingerprint density at radius 1 is 1.33 bits per heavy atom. The molecule has 0 bridgehead atoms. The molecule has 2 amide bonds. The number of hydrogen-bond donors (Lipinski definition) is 2. The van der Waals surface area contributed by atoms with E-state index >= 15 is 0 Å². The van der Waals surface area contributed by atoms with Crippen LogP contribution in [0, 0.1) is 0 Å². The molecule has 0 saturated heterocycles. The highest BCUT2D eigenvalue weighted by molar-refractivity contribution is 5.73. The quantitative estimate of drug-likeness (QED) is 0.442. The van der Waals surface area contributed by atoms with Gasteiger partial charge in [0, 0.05) is 7.05 Å². The molecule has 84 valence electrons. The minimum Gasteiger partial charge on any atom is -0.340 e. The smallest absolute Gasteiger partial charge is 0.331 e. The van der Waals surface area contributed by atoms with E-state index < -0.39 is 0 Å². The second-order valence-electron chi connectivity index (χ2n) is 2.67. The van der Waals surface area contributed by atoms with Gasteiger partial charge in [0.2, 0.25) is 0 Å². The second-order valence-corrected chi connectivity index (χ2v) is 2.67. The summed E-state index contributed by atoms with van der Waals surface area (Å²) >= 11 is 0. The summed E-state index contributed by atoms with van der Waals surface area (Å²) in [5.41, 5.74) is 1.01. The maximum Gasteiger partial charge on any atom is 0.331 e. The minimum atomic E-state index is -0.288. The third kappa shape index (κ3) is 5.02. The van der Waals surface area contributed by atoms with Crippen LogP contribution in [-0.2, 0) is 6.54 Å². The van der Waals surface area contributed by atoms with Crippen molar-refractivity contribution in [2.75, 3.05) is 7.05 Å². The average Bonchev–Trinajstić information content (AvgIpc) is 2.32. The summed E-state index contributed by atoms with van der Waals surface area (Å²) in [6, 6.07) is 9.29. The van der Waals surface area contributed by atoms with Gasteiger partial charge in [-0.25, -0.2) is 10.6 Å². The largest absolute Gasteiger partial charge is 0.340 e. The Hall–Kier alpha value is -1.55. The van der Waals surface area contributed by atoms with Crippen molar-refractivity contribution >= 4 is 6.03 Å². The van der Waals surface area contributed by atoms with E-state index in [9.17, 15) is 4.79 Å². The number of hydrazine groups is 1. The summed E-state index contributed by atoms with van der Waals surface area (Å²) in [6.45, 7) is 4.42. The first-order chi connectivity index (χ1) is 7.24. The molecule has 0 aromatic heterocycles. The lowest BCUT2D eigenvalue weighted by atomic mass is 10.2. The van der Waals surface area contributed by atoms with Crippen molar-refractivity contribution in [3.8, 4) is 0 Å². The van der Waals surface area contributed by atoms with Crippen molar-refractivity contribution in [3.63, 3.8) is 0 Å². The van der Waals surface area contributed by atoms with E-state index in [1.165, 1.54) is 0 Å². The Morgan fingerprint density at radius 2 is 1.87 bits per heavy atom. The van der Waals surface area contributed by atoms with Gasteiger partial charge in [-0.15, -0.1) is 0 Å². The monoisotopic (exact) mass is 209 g/mol. The molecule has 0 saturated carbocycles. The standard InChI is InChI=1S/C9H13N3O.C2H6/c1-11-9(13)12(10)7-8-5-3-2-4-6-8;1-2/h2-6H,7,10H2,1H3,(H,11,13);1-2H3. The minimum absolute atomic E-state index is 0.288. The Balaban J connectivity index is 0.000000921. The normalized spacial score (nSPS) is 8.53. The van der Waals surface area contributed by atoms with Crippen LogP contribution in [0.5, 0.6) is 0 Å². The lowest BCUT2D eigenvalue weighted by Crippen LogP contribution is -2.42. The third-order valence-electron chi connectivity index (χ3n) is 1.67. The molecule has 0 radical (unpaired) electrons. The van der Waals surface area contributed by atoms with E-state index in [1.807, 2.05) is 44.2 Å². The maximum atomic E-state index is 11.0. The van der Waals surface area contributed by atoms with Crippen LogP contribution in [0.1, 0.15) is 19.4 Å². The molecule has 0 aliphatic heterocycles. The molecule has 4 heteroatoms. The fourth-order valence-electron chi connectivity index (χ4n) is 0.996. The van der Waals surface area contributed by atoms with Crippen LogP contribution >= 0.6 is 0 Å².